The van der Waals surface area contributed by atoms with E-state index in [1.54, 1.807) is 0 Å². The summed E-state index contributed by atoms with van der Waals surface area (Å²) in [6, 6.07) is 0. The van der Waals surface area contributed by atoms with Crippen molar-refractivity contribution in [1.82, 2.24) is 20.6 Å². The monoisotopic (exact) mass is 202 g/mol. The molecule has 0 saturated carbocycles. The maximum absolute atomic E-state index is 10.9. The summed E-state index contributed by atoms with van der Waals surface area (Å²) in [5, 5.41) is 13.9. The number of thioether (sulfide) groups is 1. The van der Waals surface area contributed by atoms with Gasteiger partial charge >= 0.3 is 5.97 Å². The van der Waals surface area contributed by atoms with Crippen LogP contribution < -0.4 is 0 Å². The number of H-pyrrole nitrogens is 1. The van der Waals surface area contributed by atoms with E-state index in [-0.39, 0.29) is 11.2 Å². The van der Waals surface area contributed by atoms with Crippen molar-refractivity contribution in [1.29, 1.82) is 0 Å². The molecule has 1 N–H and O–H groups in total. The van der Waals surface area contributed by atoms with Gasteiger partial charge in [0.05, 0.1) is 13.5 Å². The largest absolute Gasteiger partial charge is 0.469 e. The van der Waals surface area contributed by atoms with E-state index in [0.717, 1.165) is 0 Å². The minimum Gasteiger partial charge on any atom is -0.469 e. The molecular formula is C6H10N4O2S. The van der Waals surface area contributed by atoms with Gasteiger partial charge in [-0.2, -0.15) is 5.21 Å². The normalized spacial score (nSPS) is 12.5. The Morgan fingerprint density at radius 1 is 1.77 bits per heavy atom. The average molecular weight is 202 g/mol. The highest BCUT2D eigenvalue weighted by Crippen LogP contribution is 2.20. The van der Waals surface area contributed by atoms with Crippen LogP contribution in [0.25, 0.3) is 0 Å². The fourth-order valence-electron chi connectivity index (χ4n) is 0.742. The van der Waals surface area contributed by atoms with Crippen LogP contribution in [0.5, 0.6) is 0 Å². The van der Waals surface area contributed by atoms with Crippen molar-refractivity contribution in [2.75, 3.05) is 7.11 Å². The van der Waals surface area contributed by atoms with Crippen molar-refractivity contribution >= 4 is 17.7 Å². The Labute approximate surface area is 79.4 Å². The zero-order valence-electron chi connectivity index (χ0n) is 7.35. The van der Waals surface area contributed by atoms with Crippen molar-refractivity contribution in [3.05, 3.63) is 0 Å². The van der Waals surface area contributed by atoms with Crippen molar-refractivity contribution in [3.63, 3.8) is 0 Å². The van der Waals surface area contributed by atoms with Gasteiger partial charge in [-0.3, -0.25) is 4.79 Å². The molecule has 1 unspecified atom stereocenters. The number of rotatable bonds is 4. The number of tetrazole rings is 1. The molecule has 6 nitrogen and oxygen atoms in total. The molecule has 1 rings (SSSR count). The van der Waals surface area contributed by atoms with E-state index in [1.165, 1.54) is 18.9 Å². The molecule has 13 heavy (non-hydrogen) atoms. The van der Waals surface area contributed by atoms with Gasteiger partial charge in [0.2, 0.25) is 5.16 Å². The van der Waals surface area contributed by atoms with Gasteiger partial charge in [-0.25, -0.2) is 0 Å². The van der Waals surface area contributed by atoms with E-state index < -0.39 is 0 Å². The van der Waals surface area contributed by atoms with Gasteiger partial charge in [0.15, 0.2) is 0 Å². The Bertz CT molecular complexity index is 264. The molecular weight excluding hydrogens is 192 g/mol. The number of nitrogens with zero attached hydrogens (tertiary/aromatic N) is 3. The van der Waals surface area contributed by atoms with Gasteiger partial charge in [0.25, 0.3) is 0 Å². The van der Waals surface area contributed by atoms with Crippen molar-refractivity contribution in [2.45, 2.75) is 23.8 Å². The summed E-state index contributed by atoms with van der Waals surface area (Å²) in [6.07, 6.45) is 0.343. The van der Waals surface area contributed by atoms with Crippen LogP contribution >= 0.6 is 11.8 Å². The third-order valence-corrected chi connectivity index (χ3v) is 2.27. The van der Waals surface area contributed by atoms with E-state index in [2.05, 4.69) is 25.4 Å². The third-order valence-electron chi connectivity index (χ3n) is 1.31. The maximum Gasteiger partial charge on any atom is 0.306 e. The number of esters is 1. The molecule has 0 amide bonds. The van der Waals surface area contributed by atoms with E-state index in [4.69, 9.17) is 0 Å². The maximum atomic E-state index is 10.9. The average Bonchev–Trinajstić information content (AvgIpc) is 2.56. The first-order valence-electron chi connectivity index (χ1n) is 3.69. The SMILES string of the molecule is COC(=O)CC(C)Sc1nn[nH]n1. The van der Waals surface area contributed by atoms with Gasteiger partial charge in [-0.15, -0.1) is 10.2 Å². The number of carbonyl (C=O) groups is 1. The molecule has 0 fully saturated rings. The number of carbonyl (C=O) groups excluding carboxylic acids is 1. The molecule has 72 valence electrons. The first kappa shape index (κ1) is 9.97. The highest BCUT2D eigenvalue weighted by Gasteiger charge is 2.12. The molecule has 0 radical (unpaired) electrons. The lowest BCUT2D eigenvalue weighted by Gasteiger charge is -2.05. The molecule has 1 heterocycles. The molecule has 0 bridgehead atoms. The van der Waals surface area contributed by atoms with E-state index >= 15 is 0 Å². The van der Waals surface area contributed by atoms with Crippen LogP contribution in [-0.4, -0.2) is 39.0 Å². The van der Waals surface area contributed by atoms with Gasteiger partial charge in [-0.05, 0) is 5.21 Å². The summed E-state index contributed by atoms with van der Waals surface area (Å²) in [4.78, 5) is 10.9. The topological polar surface area (TPSA) is 80.8 Å². The fraction of sp³-hybridized carbons (Fsp3) is 0.667. The Morgan fingerprint density at radius 3 is 3.08 bits per heavy atom. The molecule has 0 spiro atoms. The van der Waals surface area contributed by atoms with Crippen LogP contribution in [0.4, 0.5) is 0 Å². The molecule has 1 atom stereocenters. The van der Waals surface area contributed by atoms with Crippen LogP contribution in [0.15, 0.2) is 5.16 Å². The number of ether oxygens (including phenoxy) is 1. The Kier molecular flexibility index (Phi) is 3.69. The zero-order chi connectivity index (χ0) is 9.68. The molecule has 0 aliphatic rings. The van der Waals surface area contributed by atoms with Gasteiger partial charge < -0.3 is 4.74 Å². The number of hydrogen-bond donors (Lipinski definition) is 1. The lowest BCUT2D eigenvalue weighted by atomic mass is 10.3. The smallest absolute Gasteiger partial charge is 0.306 e. The van der Waals surface area contributed by atoms with Crippen LogP contribution in [0.2, 0.25) is 0 Å². The first-order valence-corrected chi connectivity index (χ1v) is 4.57. The Balaban J connectivity index is 2.33. The Morgan fingerprint density at radius 2 is 2.54 bits per heavy atom. The molecule has 1 aromatic rings. The lowest BCUT2D eigenvalue weighted by Crippen LogP contribution is -2.08. The first-order chi connectivity index (χ1) is 6.22. The van der Waals surface area contributed by atoms with Gasteiger partial charge in [0.1, 0.15) is 0 Å². The van der Waals surface area contributed by atoms with Crippen LogP contribution in [0.3, 0.4) is 0 Å². The van der Waals surface area contributed by atoms with Crippen molar-refractivity contribution in [3.8, 4) is 0 Å². The summed E-state index contributed by atoms with van der Waals surface area (Å²) in [5.41, 5.74) is 0. The predicted octanol–water partition coefficient (Wildman–Crippen LogP) is 0.243. The summed E-state index contributed by atoms with van der Waals surface area (Å²) < 4.78 is 4.52. The summed E-state index contributed by atoms with van der Waals surface area (Å²) in [5.74, 6) is -0.233. The molecule has 1 aromatic heterocycles. The van der Waals surface area contributed by atoms with E-state index in [1.807, 2.05) is 6.92 Å². The zero-order valence-corrected chi connectivity index (χ0v) is 8.17. The molecule has 0 aliphatic heterocycles. The second-order valence-electron chi connectivity index (χ2n) is 2.40. The van der Waals surface area contributed by atoms with Crippen molar-refractivity contribution in [2.24, 2.45) is 0 Å². The summed E-state index contributed by atoms with van der Waals surface area (Å²) >= 11 is 1.38. The van der Waals surface area contributed by atoms with Gasteiger partial charge in [0, 0.05) is 5.25 Å². The number of aromatic amines is 1. The molecule has 7 heteroatoms. The molecule has 0 saturated heterocycles. The standard InChI is InChI=1S/C6H10N4O2S/c1-4(3-5(11)12-2)13-6-7-9-10-8-6/h4H,3H2,1-2H3,(H,7,8,9,10). The number of aromatic nitrogens is 4. The van der Waals surface area contributed by atoms with Crippen LogP contribution in [-0.2, 0) is 9.53 Å². The number of methoxy groups -OCH3 is 1. The minimum atomic E-state index is -0.233. The van der Waals surface area contributed by atoms with Gasteiger partial charge in [-0.1, -0.05) is 18.7 Å². The molecule has 0 aromatic carbocycles. The van der Waals surface area contributed by atoms with E-state index in [0.29, 0.717) is 11.6 Å². The van der Waals surface area contributed by atoms with E-state index in [9.17, 15) is 4.79 Å². The Hall–Kier alpha value is -1.11. The number of hydrogen-bond acceptors (Lipinski definition) is 6. The van der Waals surface area contributed by atoms with Crippen molar-refractivity contribution < 1.29 is 9.53 Å². The molecule has 0 aliphatic carbocycles. The fourth-order valence-corrected chi connectivity index (χ4v) is 1.50. The lowest BCUT2D eigenvalue weighted by molar-refractivity contribution is -0.140. The summed E-state index contributed by atoms with van der Waals surface area (Å²) in [7, 11) is 1.37. The second kappa shape index (κ2) is 4.80. The number of nitrogens with one attached hydrogen (secondary N) is 1. The summed E-state index contributed by atoms with van der Waals surface area (Å²) in [6.45, 7) is 1.90. The third kappa shape index (κ3) is 3.41. The predicted molar refractivity (Wildman–Crippen MR) is 46.1 cm³/mol. The highest BCUT2D eigenvalue weighted by atomic mass is 32.2. The minimum absolute atomic E-state index is 0.0880. The second-order valence-corrected chi connectivity index (χ2v) is 3.81. The van der Waals surface area contributed by atoms with Crippen LogP contribution in [0, 0.1) is 0 Å². The highest BCUT2D eigenvalue weighted by molar-refractivity contribution is 7.99. The quantitative estimate of drug-likeness (QED) is 0.556. The van der Waals surface area contributed by atoms with Crippen LogP contribution in [0.1, 0.15) is 13.3 Å².